The van der Waals surface area contributed by atoms with Gasteiger partial charge >= 0.3 is 5.63 Å². The van der Waals surface area contributed by atoms with E-state index in [2.05, 4.69) is 4.98 Å². The number of para-hydroxylation sites is 1. The Morgan fingerprint density at radius 3 is 2.76 bits per heavy atom. The van der Waals surface area contributed by atoms with Crippen molar-refractivity contribution >= 4 is 27.7 Å². The molecule has 0 radical (unpaired) electrons. The number of pyridine rings is 1. The molecule has 0 aliphatic rings. The van der Waals surface area contributed by atoms with Crippen molar-refractivity contribution in [2.75, 3.05) is 0 Å². The third-order valence-electron chi connectivity index (χ3n) is 4.36. The number of nitrogens with zero attached hydrogens (tertiary/aromatic N) is 1. The first-order valence-corrected chi connectivity index (χ1v) is 8.02. The van der Waals surface area contributed by atoms with Crippen molar-refractivity contribution < 1.29 is 9.21 Å². The van der Waals surface area contributed by atoms with E-state index in [1.807, 2.05) is 43.3 Å². The fraction of sp³-hybridized carbons (Fsp3) is 0.0952. The van der Waals surface area contributed by atoms with Gasteiger partial charge in [0.25, 0.3) is 0 Å². The highest BCUT2D eigenvalue weighted by atomic mass is 16.4. The first kappa shape index (κ1) is 15.3. The van der Waals surface area contributed by atoms with Crippen LogP contribution in [0.3, 0.4) is 0 Å². The first-order chi connectivity index (χ1) is 12.1. The average Bonchev–Trinajstić information content (AvgIpc) is 2.61. The maximum atomic E-state index is 12.7. The number of Topliss-reactive ketones (excluding diaryl/α,β-unsaturated/α-hetero) is 1. The smallest absolute Gasteiger partial charge is 0.336 e. The van der Waals surface area contributed by atoms with Crippen LogP contribution in [0, 0.1) is 6.92 Å². The van der Waals surface area contributed by atoms with E-state index in [0.29, 0.717) is 11.1 Å². The van der Waals surface area contributed by atoms with Crippen LogP contribution >= 0.6 is 0 Å². The molecule has 0 saturated heterocycles. The number of rotatable bonds is 3. The Morgan fingerprint density at radius 2 is 1.88 bits per heavy atom. The second-order valence-electron chi connectivity index (χ2n) is 6.05. The maximum Gasteiger partial charge on any atom is 0.336 e. The standard InChI is InChI=1S/C21H15NO3/c1-13-10-21(24)25-20-12-15(6-7-16(13)20)19(23)11-14-8-9-22-18-5-3-2-4-17(14)18/h2-10,12H,11H2,1H3. The zero-order chi connectivity index (χ0) is 17.4. The Morgan fingerprint density at radius 1 is 1.04 bits per heavy atom. The zero-order valence-corrected chi connectivity index (χ0v) is 13.7. The van der Waals surface area contributed by atoms with Gasteiger partial charge in [-0.2, -0.15) is 0 Å². The normalized spacial score (nSPS) is 11.1. The van der Waals surface area contributed by atoms with Crippen molar-refractivity contribution in [1.82, 2.24) is 4.98 Å². The van der Waals surface area contributed by atoms with Crippen molar-refractivity contribution in [1.29, 1.82) is 0 Å². The fourth-order valence-electron chi connectivity index (χ4n) is 3.08. The molecule has 0 spiro atoms. The van der Waals surface area contributed by atoms with Gasteiger partial charge < -0.3 is 4.42 Å². The number of fused-ring (bicyclic) bond motifs is 2. The molecule has 4 rings (SSSR count). The van der Waals surface area contributed by atoms with E-state index in [0.717, 1.165) is 27.4 Å². The van der Waals surface area contributed by atoms with Crippen LogP contribution in [-0.2, 0) is 6.42 Å². The molecule has 2 heterocycles. The van der Waals surface area contributed by atoms with Crippen LogP contribution in [0.2, 0.25) is 0 Å². The van der Waals surface area contributed by atoms with Crippen molar-refractivity contribution in [3.8, 4) is 0 Å². The number of benzene rings is 2. The lowest BCUT2D eigenvalue weighted by molar-refractivity contribution is 0.0993. The molecule has 0 saturated carbocycles. The lowest BCUT2D eigenvalue weighted by atomic mass is 9.99. The Hall–Kier alpha value is -3.27. The molecule has 0 unspecified atom stereocenters. The van der Waals surface area contributed by atoms with Crippen molar-refractivity contribution in [3.63, 3.8) is 0 Å². The summed E-state index contributed by atoms with van der Waals surface area (Å²) in [6.45, 7) is 1.85. The number of aromatic nitrogens is 1. The number of hydrogen-bond acceptors (Lipinski definition) is 4. The first-order valence-electron chi connectivity index (χ1n) is 8.02. The van der Waals surface area contributed by atoms with E-state index in [4.69, 9.17) is 4.42 Å². The van der Waals surface area contributed by atoms with Crippen LogP contribution < -0.4 is 5.63 Å². The van der Waals surface area contributed by atoms with Gasteiger partial charge in [0.2, 0.25) is 0 Å². The third-order valence-corrected chi connectivity index (χ3v) is 4.36. The summed E-state index contributed by atoms with van der Waals surface area (Å²) in [4.78, 5) is 28.6. The highest BCUT2D eigenvalue weighted by Gasteiger charge is 2.12. The number of hydrogen-bond donors (Lipinski definition) is 0. The van der Waals surface area contributed by atoms with Gasteiger partial charge in [0, 0.05) is 35.0 Å². The van der Waals surface area contributed by atoms with Gasteiger partial charge in [0.05, 0.1) is 5.52 Å². The van der Waals surface area contributed by atoms with E-state index in [1.54, 1.807) is 18.3 Å². The van der Waals surface area contributed by atoms with Gasteiger partial charge in [-0.25, -0.2) is 4.79 Å². The van der Waals surface area contributed by atoms with Gasteiger partial charge in [-0.3, -0.25) is 9.78 Å². The highest BCUT2D eigenvalue weighted by Crippen LogP contribution is 2.21. The minimum Gasteiger partial charge on any atom is -0.423 e. The molecule has 0 aliphatic carbocycles. The van der Waals surface area contributed by atoms with E-state index >= 15 is 0 Å². The summed E-state index contributed by atoms with van der Waals surface area (Å²) in [5.74, 6) is -0.0255. The van der Waals surface area contributed by atoms with Gasteiger partial charge in [0.15, 0.2) is 5.78 Å². The largest absolute Gasteiger partial charge is 0.423 e. The third kappa shape index (κ3) is 2.83. The molecule has 0 amide bonds. The SMILES string of the molecule is Cc1cc(=O)oc2cc(C(=O)Cc3ccnc4ccccc34)ccc12. The van der Waals surface area contributed by atoms with Crippen LogP contribution in [0.5, 0.6) is 0 Å². The van der Waals surface area contributed by atoms with Gasteiger partial charge in [-0.15, -0.1) is 0 Å². The minimum absolute atomic E-state index is 0.0255. The van der Waals surface area contributed by atoms with Gasteiger partial charge in [-0.1, -0.05) is 30.3 Å². The molecular formula is C21H15NO3. The van der Waals surface area contributed by atoms with Crippen LogP contribution in [0.15, 0.2) is 70.0 Å². The van der Waals surface area contributed by atoms with Crippen molar-refractivity contribution in [3.05, 3.63) is 87.9 Å². The second-order valence-corrected chi connectivity index (χ2v) is 6.05. The summed E-state index contributed by atoms with van der Waals surface area (Å²) >= 11 is 0. The molecule has 4 heteroatoms. The number of ketones is 1. The highest BCUT2D eigenvalue weighted by molar-refractivity contribution is 6.02. The predicted octanol–water partition coefficient (Wildman–Crippen LogP) is 4.08. The monoisotopic (exact) mass is 329 g/mol. The van der Waals surface area contributed by atoms with Crippen molar-refractivity contribution in [2.45, 2.75) is 13.3 Å². The Bertz CT molecular complexity index is 1170. The Kier molecular flexibility index (Phi) is 3.65. The lowest BCUT2D eigenvalue weighted by Gasteiger charge is -2.07. The predicted molar refractivity (Wildman–Crippen MR) is 97.0 cm³/mol. The summed E-state index contributed by atoms with van der Waals surface area (Å²) in [5.41, 5.74) is 3.20. The molecular weight excluding hydrogens is 314 g/mol. The van der Waals surface area contributed by atoms with E-state index in [9.17, 15) is 9.59 Å². The van der Waals surface area contributed by atoms with Crippen LogP contribution in [0.1, 0.15) is 21.5 Å². The van der Waals surface area contributed by atoms with Crippen LogP contribution in [0.4, 0.5) is 0 Å². The van der Waals surface area contributed by atoms with Crippen LogP contribution in [-0.4, -0.2) is 10.8 Å². The average molecular weight is 329 g/mol. The molecule has 0 fully saturated rings. The topological polar surface area (TPSA) is 60.2 Å². The molecule has 2 aromatic heterocycles. The van der Waals surface area contributed by atoms with Gasteiger partial charge in [-0.05, 0) is 36.2 Å². The summed E-state index contributed by atoms with van der Waals surface area (Å²) in [6.07, 6.45) is 1.98. The van der Waals surface area contributed by atoms with Crippen molar-refractivity contribution in [2.24, 2.45) is 0 Å². The molecule has 2 aromatic carbocycles. The Balaban J connectivity index is 1.73. The minimum atomic E-state index is -0.408. The second kappa shape index (κ2) is 5.98. The van der Waals surface area contributed by atoms with Crippen LogP contribution in [0.25, 0.3) is 21.9 Å². The molecule has 0 aliphatic heterocycles. The molecule has 0 N–H and O–H groups in total. The van der Waals surface area contributed by atoms with E-state index < -0.39 is 5.63 Å². The Labute approximate surface area is 143 Å². The molecule has 25 heavy (non-hydrogen) atoms. The maximum absolute atomic E-state index is 12.7. The summed E-state index contributed by atoms with van der Waals surface area (Å²) < 4.78 is 5.24. The zero-order valence-electron chi connectivity index (χ0n) is 13.7. The molecule has 4 nitrogen and oxygen atoms in total. The number of carbonyl (C=O) groups is 1. The molecule has 0 atom stereocenters. The molecule has 0 bridgehead atoms. The summed E-state index contributed by atoms with van der Waals surface area (Å²) in [7, 11) is 0. The molecule has 122 valence electrons. The number of carbonyl (C=O) groups excluding carboxylic acids is 1. The lowest BCUT2D eigenvalue weighted by Crippen LogP contribution is -2.05. The molecule has 4 aromatic rings. The van der Waals surface area contributed by atoms with E-state index in [-0.39, 0.29) is 12.2 Å². The van der Waals surface area contributed by atoms with Gasteiger partial charge in [0.1, 0.15) is 5.58 Å². The number of aryl methyl sites for hydroxylation is 1. The summed E-state index contributed by atoms with van der Waals surface area (Å²) in [5, 5.41) is 1.81. The summed E-state index contributed by atoms with van der Waals surface area (Å²) in [6, 6.07) is 16.3. The quantitative estimate of drug-likeness (QED) is 0.420. The fourth-order valence-corrected chi connectivity index (χ4v) is 3.08. The van der Waals surface area contributed by atoms with E-state index in [1.165, 1.54) is 6.07 Å².